The fourth-order valence-electron chi connectivity index (χ4n) is 2.95. The van der Waals surface area contributed by atoms with Gasteiger partial charge in [-0.25, -0.2) is 17.2 Å². The van der Waals surface area contributed by atoms with Gasteiger partial charge in [-0.3, -0.25) is 9.59 Å². The van der Waals surface area contributed by atoms with E-state index in [1.807, 2.05) is 0 Å². The Labute approximate surface area is 170 Å². The van der Waals surface area contributed by atoms with Gasteiger partial charge in [-0.2, -0.15) is 4.31 Å². The highest BCUT2D eigenvalue weighted by Crippen LogP contribution is 2.28. The Hall–Kier alpha value is -2.41. The van der Waals surface area contributed by atoms with E-state index in [0.717, 1.165) is 32.7 Å². The van der Waals surface area contributed by atoms with E-state index in [2.05, 4.69) is 5.32 Å². The molecule has 1 saturated heterocycles. The quantitative estimate of drug-likeness (QED) is 0.677. The number of carbonyl (C=O) groups excluding carboxylic acids is 2. The normalized spacial score (nSPS) is 17.5. The molecule has 1 fully saturated rings. The van der Waals surface area contributed by atoms with Gasteiger partial charge in [-0.05, 0) is 29.6 Å². The van der Waals surface area contributed by atoms with Gasteiger partial charge in [0.05, 0.1) is 0 Å². The monoisotopic (exact) mass is 444 g/mol. The SMILES string of the molecule is NCCNC(=O)C1N(C(=O)c2ccc(F)c(F)c2)CCN1S(=O)(=O)c1cccs1. The Morgan fingerprint density at radius 2 is 1.97 bits per heavy atom. The van der Waals surface area contributed by atoms with Crippen molar-refractivity contribution in [1.29, 1.82) is 0 Å². The fraction of sp³-hybridized carbons (Fsp3) is 0.294. The molecule has 1 unspecified atom stereocenters. The third-order valence-electron chi connectivity index (χ3n) is 4.29. The molecular weight excluding hydrogens is 426 g/mol. The summed E-state index contributed by atoms with van der Waals surface area (Å²) in [5, 5.41) is 4.06. The van der Waals surface area contributed by atoms with Crippen LogP contribution in [0.2, 0.25) is 0 Å². The number of amides is 2. The topological polar surface area (TPSA) is 113 Å². The lowest BCUT2D eigenvalue weighted by Crippen LogP contribution is -2.54. The van der Waals surface area contributed by atoms with E-state index in [9.17, 15) is 26.8 Å². The number of carbonyl (C=O) groups is 2. The van der Waals surface area contributed by atoms with Crippen molar-refractivity contribution >= 4 is 33.2 Å². The second-order valence-corrected chi connectivity index (χ2v) is 9.19. The number of nitrogens with two attached hydrogens (primary N) is 1. The van der Waals surface area contributed by atoms with Gasteiger partial charge in [0.25, 0.3) is 21.8 Å². The van der Waals surface area contributed by atoms with Gasteiger partial charge < -0.3 is 16.0 Å². The van der Waals surface area contributed by atoms with Crippen LogP contribution in [0, 0.1) is 11.6 Å². The number of nitrogens with zero attached hydrogens (tertiary/aromatic N) is 2. The number of benzene rings is 1. The lowest BCUT2D eigenvalue weighted by atomic mass is 10.2. The van der Waals surface area contributed by atoms with Crippen molar-refractivity contribution in [2.75, 3.05) is 26.2 Å². The summed E-state index contributed by atoms with van der Waals surface area (Å²) in [6, 6.07) is 5.53. The van der Waals surface area contributed by atoms with Gasteiger partial charge in [-0.15, -0.1) is 11.3 Å². The highest BCUT2D eigenvalue weighted by molar-refractivity contribution is 7.91. The number of nitrogens with one attached hydrogen (secondary N) is 1. The molecule has 8 nitrogen and oxygen atoms in total. The van der Waals surface area contributed by atoms with Crippen LogP contribution in [0.4, 0.5) is 8.78 Å². The highest BCUT2D eigenvalue weighted by atomic mass is 32.2. The smallest absolute Gasteiger partial charge is 0.259 e. The molecular formula is C17H18F2N4O4S2. The Morgan fingerprint density at radius 1 is 1.21 bits per heavy atom. The first-order valence-electron chi connectivity index (χ1n) is 8.56. The fourth-order valence-corrected chi connectivity index (χ4v) is 5.62. The zero-order valence-corrected chi connectivity index (χ0v) is 16.7. The molecule has 1 aromatic heterocycles. The molecule has 0 radical (unpaired) electrons. The van der Waals surface area contributed by atoms with Crippen LogP contribution in [0.5, 0.6) is 0 Å². The summed E-state index contributed by atoms with van der Waals surface area (Å²) in [5.41, 5.74) is 5.19. The number of halogens is 2. The predicted molar refractivity (Wildman–Crippen MR) is 101 cm³/mol. The maximum absolute atomic E-state index is 13.6. The van der Waals surface area contributed by atoms with Crippen LogP contribution in [0.1, 0.15) is 10.4 Å². The molecule has 2 heterocycles. The summed E-state index contributed by atoms with van der Waals surface area (Å²) in [6.07, 6.45) is -1.48. The van der Waals surface area contributed by atoms with Crippen LogP contribution in [-0.2, 0) is 14.8 Å². The standard InChI is InChI=1S/C17H18F2N4O4S2/c18-12-4-3-11(10-13(12)19)17(25)22-7-8-23(16(22)15(24)21-6-5-20)29(26,27)14-2-1-9-28-14/h1-4,9-10,16H,5-8,20H2,(H,21,24). The second kappa shape index (κ2) is 8.53. The molecule has 2 amide bonds. The molecule has 3 N–H and O–H groups in total. The summed E-state index contributed by atoms with van der Waals surface area (Å²) in [5.74, 6) is -3.87. The van der Waals surface area contributed by atoms with Crippen LogP contribution >= 0.6 is 11.3 Å². The summed E-state index contributed by atoms with van der Waals surface area (Å²) in [6.45, 7) is -0.0256. The van der Waals surface area contributed by atoms with Crippen LogP contribution in [0.15, 0.2) is 39.9 Å². The third-order valence-corrected chi connectivity index (χ3v) is 7.52. The van der Waals surface area contributed by atoms with Crippen molar-refractivity contribution < 1.29 is 26.8 Å². The maximum Gasteiger partial charge on any atom is 0.259 e. The summed E-state index contributed by atoms with van der Waals surface area (Å²) in [7, 11) is -4.05. The molecule has 0 spiro atoms. The summed E-state index contributed by atoms with van der Waals surface area (Å²) < 4.78 is 53.6. The number of hydrogen-bond acceptors (Lipinski definition) is 6. The molecule has 2 aromatic rings. The first kappa shape index (κ1) is 21.3. The molecule has 3 rings (SSSR count). The van der Waals surface area contributed by atoms with Gasteiger partial charge in [0.15, 0.2) is 17.8 Å². The minimum absolute atomic E-state index is 0.0243. The van der Waals surface area contributed by atoms with Gasteiger partial charge in [-0.1, -0.05) is 6.07 Å². The second-order valence-electron chi connectivity index (χ2n) is 6.13. The average molecular weight is 444 g/mol. The van der Waals surface area contributed by atoms with Gasteiger partial charge in [0.1, 0.15) is 4.21 Å². The Morgan fingerprint density at radius 3 is 2.59 bits per heavy atom. The van der Waals surface area contributed by atoms with Gasteiger partial charge >= 0.3 is 0 Å². The minimum Gasteiger partial charge on any atom is -0.352 e. The van der Waals surface area contributed by atoms with Crippen molar-refractivity contribution in [3.63, 3.8) is 0 Å². The van der Waals surface area contributed by atoms with E-state index in [-0.39, 0.29) is 36.0 Å². The van der Waals surface area contributed by atoms with Crippen LogP contribution in [0.3, 0.4) is 0 Å². The van der Waals surface area contributed by atoms with E-state index < -0.39 is 39.6 Å². The molecule has 1 atom stereocenters. The number of hydrogen-bond donors (Lipinski definition) is 2. The van der Waals surface area contributed by atoms with E-state index in [1.165, 1.54) is 6.07 Å². The number of thiophene rings is 1. The summed E-state index contributed by atoms with van der Waals surface area (Å²) in [4.78, 5) is 26.6. The Bertz CT molecular complexity index is 1010. The van der Waals surface area contributed by atoms with E-state index in [1.54, 1.807) is 11.4 Å². The number of rotatable bonds is 6. The molecule has 1 aliphatic rings. The minimum atomic E-state index is -4.05. The van der Waals surface area contributed by atoms with Crippen molar-refractivity contribution in [2.45, 2.75) is 10.4 Å². The third kappa shape index (κ3) is 4.15. The maximum atomic E-state index is 13.6. The first-order chi connectivity index (χ1) is 13.8. The van der Waals surface area contributed by atoms with Crippen LogP contribution < -0.4 is 11.1 Å². The molecule has 0 saturated carbocycles. The van der Waals surface area contributed by atoms with Crippen molar-refractivity contribution in [1.82, 2.24) is 14.5 Å². The van der Waals surface area contributed by atoms with E-state index in [4.69, 9.17) is 5.73 Å². The van der Waals surface area contributed by atoms with Crippen molar-refractivity contribution in [2.24, 2.45) is 5.73 Å². The Balaban J connectivity index is 1.97. The van der Waals surface area contributed by atoms with E-state index in [0.29, 0.717) is 6.07 Å². The predicted octanol–water partition coefficient (Wildman–Crippen LogP) is 0.574. The molecule has 0 bridgehead atoms. The molecule has 0 aliphatic carbocycles. The Kier molecular flexibility index (Phi) is 6.27. The zero-order chi connectivity index (χ0) is 21.2. The number of sulfonamides is 1. The van der Waals surface area contributed by atoms with Crippen LogP contribution in [0.25, 0.3) is 0 Å². The summed E-state index contributed by atoms with van der Waals surface area (Å²) >= 11 is 0.982. The van der Waals surface area contributed by atoms with Gasteiger partial charge in [0.2, 0.25) is 0 Å². The van der Waals surface area contributed by atoms with Crippen molar-refractivity contribution in [3.8, 4) is 0 Å². The average Bonchev–Trinajstić information content (AvgIpc) is 3.38. The van der Waals surface area contributed by atoms with Gasteiger partial charge in [0, 0.05) is 31.7 Å². The largest absolute Gasteiger partial charge is 0.352 e. The van der Waals surface area contributed by atoms with Crippen molar-refractivity contribution in [3.05, 3.63) is 52.9 Å². The molecule has 29 heavy (non-hydrogen) atoms. The molecule has 1 aromatic carbocycles. The molecule has 156 valence electrons. The highest BCUT2D eigenvalue weighted by Gasteiger charge is 2.46. The first-order valence-corrected chi connectivity index (χ1v) is 10.9. The zero-order valence-electron chi connectivity index (χ0n) is 15.0. The van der Waals surface area contributed by atoms with E-state index >= 15 is 0 Å². The molecule has 1 aliphatic heterocycles. The lowest BCUT2D eigenvalue weighted by molar-refractivity contribution is -0.127. The van der Waals surface area contributed by atoms with Crippen LogP contribution in [-0.4, -0.2) is 61.8 Å². The lowest BCUT2D eigenvalue weighted by Gasteiger charge is -2.28. The molecule has 12 heteroatoms.